The van der Waals surface area contributed by atoms with Gasteiger partial charge in [-0.3, -0.25) is 19.3 Å². The summed E-state index contributed by atoms with van der Waals surface area (Å²) in [5.74, 6) is -3.28. The van der Waals surface area contributed by atoms with Gasteiger partial charge in [0, 0.05) is 90.1 Å². The number of piperazine rings is 1. The number of aromatic nitrogens is 2. The number of nitrogens with zero attached hydrogens (tertiary/aromatic N) is 8. The minimum Gasteiger partial charge on any atom is -0.495 e. The van der Waals surface area contributed by atoms with Crippen LogP contribution in [-0.4, -0.2) is 148 Å². The second kappa shape index (κ2) is 27.8. The normalized spacial score (nSPS) is 21.9. The molecule has 18 nitrogen and oxygen atoms in total. The summed E-state index contributed by atoms with van der Waals surface area (Å²) >= 11 is 12.5. The van der Waals surface area contributed by atoms with Crippen LogP contribution >= 0.6 is 23.2 Å². The number of rotatable bonds is 21. The Kier molecular flexibility index (Phi) is 20.0. The summed E-state index contributed by atoms with van der Waals surface area (Å²) in [7, 11) is 3.42. The third-order valence-corrected chi connectivity index (χ3v) is 17.8. The zero-order chi connectivity index (χ0) is 63.1. The van der Waals surface area contributed by atoms with Gasteiger partial charge in [0.05, 0.1) is 86.6 Å². The van der Waals surface area contributed by atoms with Crippen molar-refractivity contribution in [2.75, 3.05) is 95.0 Å². The molecule has 4 aliphatic rings. The maximum atomic E-state index is 16.3. The molecule has 5 aromatic carbocycles. The van der Waals surface area contributed by atoms with Crippen molar-refractivity contribution in [3.63, 3.8) is 0 Å². The number of likely N-dealkylation sites (N-methyl/N-ethyl adjacent to an activating group) is 1. The SMILES string of the molecule is C=CC(=O)N1CCN(c2nc(OC[C@@H]3C[C@@H](OCCOCCNC(=O)c4ccc(NC(=O)[C@@H]5N[C@@H](CC(C)(C)C)[C@](C#N)(c6ccc(Cl)cc6F)[C@H]5c5cccc(Cl)c5F)c(OC)c4)CN3C)nc3c2CCN(c2cccc4ccccc24)C3)C[C@@H]1CC#N. The molecule has 4 aliphatic heterocycles. The number of fused-ring (bicyclic) bond motifs is 2. The highest BCUT2D eigenvalue weighted by Crippen LogP contribution is 2.53. The minimum absolute atomic E-state index is 0.00915. The van der Waals surface area contributed by atoms with Crippen molar-refractivity contribution in [2.24, 2.45) is 5.41 Å². The number of nitriles is 2. The molecule has 0 bridgehead atoms. The fourth-order valence-corrected chi connectivity index (χ4v) is 13.4. The van der Waals surface area contributed by atoms with Crippen LogP contribution in [0.5, 0.6) is 11.8 Å². The van der Waals surface area contributed by atoms with E-state index in [9.17, 15) is 24.9 Å². The lowest BCUT2D eigenvalue weighted by Crippen LogP contribution is -2.55. The molecule has 0 radical (unpaired) electrons. The van der Waals surface area contributed by atoms with E-state index >= 15 is 8.78 Å². The van der Waals surface area contributed by atoms with Gasteiger partial charge >= 0.3 is 6.01 Å². The molecule has 22 heteroatoms. The maximum Gasteiger partial charge on any atom is 0.318 e. The predicted molar refractivity (Wildman–Crippen MR) is 338 cm³/mol. The van der Waals surface area contributed by atoms with Crippen molar-refractivity contribution in [1.29, 1.82) is 10.5 Å². The molecule has 466 valence electrons. The summed E-state index contributed by atoms with van der Waals surface area (Å²) in [4.78, 5) is 59.5. The molecule has 0 saturated carbocycles. The van der Waals surface area contributed by atoms with Crippen LogP contribution in [0.15, 0.2) is 110 Å². The monoisotopic (exact) mass is 1250 g/mol. The number of hydrogen-bond acceptors (Lipinski definition) is 15. The van der Waals surface area contributed by atoms with E-state index in [-0.39, 0.29) is 101 Å². The van der Waals surface area contributed by atoms with Crippen LogP contribution in [0.25, 0.3) is 10.8 Å². The number of carbonyl (C=O) groups is 3. The number of hydrogen-bond donors (Lipinski definition) is 3. The summed E-state index contributed by atoms with van der Waals surface area (Å²) < 4.78 is 56.7. The van der Waals surface area contributed by atoms with E-state index in [0.717, 1.165) is 46.1 Å². The smallest absolute Gasteiger partial charge is 0.318 e. The molecule has 0 unspecified atom stereocenters. The van der Waals surface area contributed by atoms with Crippen molar-refractivity contribution in [3.8, 4) is 23.9 Å². The van der Waals surface area contributed by atoms with E-state index in [1.807, 2.05) is 33.9 Å². The Morgan fingerprint density at radius 3 is 2.48 bits per heavy atom. The molecular formula is C67H73Cl2F2N11O7. The van der Waals surface area contributed by atoms with Crippen molar-refractivity contribution < 1.29 is 42.1 Å². The largest absolute Gasteiger partial charge is 0.495 e. The summed E-state index contributed by atoms with van der Waals surface area (Å²) in [5, 5.41) is 32.2. The van der Waals surface area contributed by atoms with Gasteiger partial charge < -0.3 is 49.6 Å². The fourth-order valence-electron chi connectivity index (χ4n) is 13.1. The van der Waals surface area contributed by atoms with Crippen molar-refractivity contribution in [3.05, 3.63) is 159 Å². The number of amides is 3. The summed E-state index contributed by atoms with van der Waals surface area (Å²) in [6, 6.07) is 29.9. The second-order valence-electron chi connectivity index (χ2n) is 24.2. The number of anilines is 3. The van der Waals surface area contributed by atoms with Crippen LogP contribution in [0, 0.1) is 39.7 Å². The van der Waals surface area contributed by atoms with Gasteiger partial charge in [-0.2, -0.15) is 20.5 Å². The summed E-state index contributed by atoms with van der Waals surface area (Å²) in [5.41, 5.74) is 1.10. The highest BCUT2D eigenvalue weighted by atomic mass is 35.5. The van der Waals surface area contributed by atoms with Crippen LogP contribution in [0.2, 0.25) is 10.0 Å². The molecule has 6 aromatic rings. The van der Waals surface area contributed by atoms with Gasteiger partial charge in [0.1, 0.15) is 35.2 Å². The molecule has 3 amide bonds. The molecule has 7 atom stereocenters. The molecular weight excluding hydrogens is 1180 g/mol. The van der Waals surface area contributed by atoms with E-state index in [1.165, 1.54) is 61.7 Å². The number of benzene rings is 5. The van der Waals surface area contributed by atoms with Gasteiger partial charge in [-0.25, -0.2) is 8.78 Å². The zero-order valence-electron chi connectivity index (χ0n) is 50.5. The van der Waals surface area contributed by atoms with Gasteiger partial charge in [0.15, 0.2) is 0 Å². The Bertz CT molecular complexity index is 3710. The first-order valence-corrected chi connectivity index (χ1v) is 30.6. The predicted octanol–water partition coefficient (Wildman–Crippen LogP) is 9.78. The van der Waals surface area contributed by atoms with Gasteiger partial charge in [0.25, 0.3) is 5.91 Å². The molecule has 0 spiro atoms. The first kappa shape index (κ1) is 64.0. The third kappa shape index (κ3) is 13.9. The number of carbonyl (C=O) groups excluding carboxylic acids is 3. The first-order valence-electron chi connectivity index (χ1n) is 29.9. The Hall–Kier alpha value is -7.95. The summed E-state index contributed by atoms with van der Waals surface area (Å²) in [6.45, 7) is 14.2. The van der Waals surface area contributed by atoms with E-state index < -0.39 is 52.3 Å². The first-order chi connectivity index (χ1) is 42.8. The quantitative estimate of drug-likeness (QED) is 0.0452. The molecule has 5 heterocycles. The highest BCUT2D eigenvalue weighted by molar-refractivity contribution is 6.31. The maximum absolute atomic E-state index is 16.3. The van der Waals surface area contributed by atoms with Gasteiger partial charge in [0.2, 0.25) is 11.8 Å². The number of likely N-dealkylation sites (tertiary alicyclic amines) is 1. The van der Waals surface area contributed by atoms with Crippen LogP contribution in [0.1, 0.15) is 78.7 Å². The van der Waals surface area contributed by atoms with Gasteiger partial charge in [-0.15, -0.1) is 0 Å². The molecule has 3 saturated heterocycles. The Balaban J connectivity index is 0.728. The lowest BCUT2D eigenvalue weighted by Gasteiger charge is -2.42. The lowest BCUT2D eigenvalue weighted by atomic mass is 9.62. The minimum atomic E-state index is -1.83. The number of halogens is 4. The van der Waals surface area contributed by atoms with E-state index in [0.29, 0.717) is 58.8 Å². The zero-order valence-corrected chi connectivity index (χ0v) is 52.1. The van der Waals surface area contributed by atoms with Crippen LogP contribution in [-0.2, 0) is 37.4 Å². The van der Waals surface area contributed by atoms with E-state index in [4.69, 9.17) is 52.1 Å². The number of methoxy groups -OCH3 is 1. The van der Waals surface area contributed by atoms with Gasteiger partial charge in [-0.1, -0.05) is 105 Å². The Morgan fingerprint density at radius 1 is 0.921 bits per heavy atom. The third-order valence-electron chi connectivity index (χ3n) is 17.3. The van der Waals surface area contributed by atoms with Crippen molar-refractivity contribution >= 4 is 68.9 Å². The topological polar surface area (TPSA) is 211 Å². The molecule has 89 heavy (non-hydrogen) atoms. The van der Waals surface area contributed by atoms with Crippen LogP contribution in [0.3, 0.4) is 0 Å². The Morgan fingerprint density at radius 2 is 1.72 bits per heavy atom. The number of nitrogens with one attached hydrogen (secondary N) is 3. The molecule has 10 rings (SSSR count). The fraction of sp³-hybridized carbons (Fsp3) is 0.418. The average Bonchev–Trinajstić information content (AvgIpc) is 1.62. The van der Waals surface area contributed by atoms with Crippen molar-refractivity contribution in [2.45, 2.75) is 94.6 Å². The van der Waals surface area contributed by atoms with E-state index in [2.05, 4.69) is 85.8 Å². The average molecular weight is 1250 g/mol. The lowest BCUT2D eigenvalue weighted by molar-refractivity contribution is -0.128. The second-order valence-corrected chi connectivity index (χ2v) is 25.1. The van der Waals surface area contributed by atoms with E-state index in [1.54, 1.807) is 4.90 Å². The van der Waals surface area contributed by atoms with Gasteiger partial charge in [-0.05, 0) is 91.2 Å². The Labute approximate surface area is 527 Å². The molecule has 3 N–H and O–H groups in total. The number of ether oxygens (including phenoxy) is 4. The molecule has 1 aromatic heterocycles. The molecule has 3 fully saturated rings. The van der Waals surface area contributed by atoms with Crippen LogP contribution < -0.4 is 35.2 Å². The standard InChI is InChI=1S/C67H73Cl2F2N11O7/c1-7-58(83)82-28-27-81(36-44(82)22-24-72)62-48-23-26-80(55-17-10-13-41-12-8-9-14-47(41)55)38-54(48)76-65(78-62)89-39-45-34-46(37-79(45)5)88-31-30-87-29-25-74-63(84)42-18-21-53(56(32-42)86-6)75-64(85)61-59(49-15-11-16-51(69)60(49)71)67(40-73,57(77-61)35-66(2,3)4)50-20-19-43(68)33-52(50)70/h7-21,32-33,44-46,57,59,61,77H,1,22-23,25-31,34-39H2,2-6H3,(H,74,84)(H,75,85)/t44-,45-,46+,57-,59-,61+,67-/m0/s1. The summed E-state index contributed by atoms with van der Waals surface area (Å²) in [6.07, 6.45) is 3.08. The highest BCUT2D eigenvalue weighted by Gasteiger charge is 2.61. The van der Waals surface area contributed by atoms with Crippen molar-refractivity contribution in [1.82, 2.24) is 30.4 Å². The molecule has 0 aliphatic carbocycles. The van der Waals surface area contributed by atoms with Crippen LogP contribution in [0.4, 0.5) is 26.0 Å².